The van der Waals surface area contributed by atoms with Crippen LogP contribution in [0.1, 0.15) is 18.4 Å². The Morgan fingerprint density at radius 1 is 1.22 bits per heavy atom. The maximum absolute atomic E-state index is 12.3. The summed E-state index contributed by atoms with van der Waals surface area (Å²) in [7, 11) is 0. The monoisotopic (exact) mass is 275 g/mol. The van der Waals surface area contributed by atoms with Crippen molar-refractivity contribution in [1.29, 1.82) is 0 Å². The lowest BCUT2D eigenvalue weighted by molar-refractivity contribution is -0.0373. The number of likely N-dealkylation sites (tertiary alicyclic amines) is 1. The highest BCUT2D eigenvalue weighted by atomic mass is 35.5. The molecule has 1 aromatic rings. The van der Waals surface area contributed by atoms with Crippen LogP contribution in [0.4, 0.5) is 8.78 Å². The highest BCUT2D eigenvalue weighted by Gasteiger charge is 2.34. The first-order valence-corrected chi connectivity index (χ1v) is 6.36. The van der Waals surface area contributed by atoms with Gasteiger partial charge in [-0.25, -0.2) is 8.78 Å². The van der Waals surface area contributed by atoms with Gasteiger partial charge >= 0.3 is 0 Å². The largest absolute Gasteiger partial charge is 0.385 e. The molecule has 0 aliphatic carbocycles. The summed E-state index contributed by atoms with van der Waals surface area (Å²) >= 11 is 5.80. The molecule has 0 amide bonds. The fraction of sp³-hybridized carbons (Fsp3) is 0.538. The molecule has 1 fully saturated rings. The van der Waals surface area contributed by atoms with Gasteiger partial charge in [0.2, 0.25) is 0 Å². The Bertz CT molecular complexity index is 388. The van der Waals surface area contributed by atoms with Gasteiger partial charge < -0.3 is 5.11 Å². The molecular formula is C13H16ClF2NO. The van der Waals surface area contributed by atoms with Crippen molar-refractivity contribution in [3.05, 3.63) is 34.9 Å². The molecule has 1 saturated heterocycles. The number of aliphatic hydroxyl groups is 1. The zero-order valence-electron chi connectivity index (χ0n) is 9.95. The first-order chi connectivity index (χ1) is 8.49. The van der Waals surface area contributed by atoms with Crippen LogP contribution in [0.3, 0.4) is 0 Å². The third-order valence-electron chi connectivity index (χ3n) is 3.46. The van der Waals surface area contributed by atoms with E-state index >= 15 is 0 Å². The van der Waals surface area contributed by atoms with Gasteiger partial charge in [0.05, 0.1) is 12.1 Å². The predicted octanol–water partition coefficient (Wildman–Crippen LogP) is 2.89. The maximum Gasteiger partial charge on any atom is 0.251 e. The Hall–Kier alpha value is -0.710. The van der Waals surface area contributed by atoms with E-state index in [1.807, 2.05) is 0 Å². The van der Waals surface area contributed by atoms with E-state index in [1.165, 1.54) is 0 Å². The molecule has 0 aromatic heterocycles. The van der Waals surface area contributed by atoms with Crippen LogP contribution in [0.5, 0.6) is 0 Å². The molecule has 0 atom stereocenters. The Labute approximate surface area is 110 Å². The molecule has 2 nitrogen and oxygen atoms in total. The van der Waals surface area contributed by atoms with Gasteiger partial charge in [-0.2, -0.15) is 0 Å². The molecule has 0 saturated carbocycles. The van der Waals surface area contributed by atoms with E-state index in [9.17, 15) is 13.9 Å². The fourth-order valence-corrected chi connectivity index (χ4v) is 2.48. The number of halogens is 3. The van der Waals surface area contributed by atoms with E-state index in [0.717, 1.165) is 5.56 Å². The van der Waals surface area contributed by atoms with Gasteiger partial charge in [-0.3, -0.25) is 4.90 Å². The topological polar surface area (TPSA) is 23.5 Å². The van der Waals surface area contributed by atoms with E-state index in [-0.39, 0.29) is 6.54 Å². The van der Waals surface area contributed by atoms with E-state index in [1.54, 1.807) is 29.2 Å². The van der Waals surface area contributed by atoms with Crippen LogP contribution in [0.2, 0.25) is 5.02 Å². The lowest BCUT2D eigenvalue weighted by Gasteiger charge is -2.38. The van der Waals surface area contributed by atoms with Gasteiger partial charge in [-0.15, -0.1) is 0 Å². The highest BCUT2D eigenvalue weighted by Crippen LogP contribution is 2.33. The van der Waals surface area contributed by atoms with Crippen molar-refractivity contribution in [3.63, 3.8) is 0 Å². The normalized spacial score (nSPS) is 20.3. The summed E-state index contributed by atoms with van der Waals surface area (Å²) in [5.74, 6) is 0. The van der Waals surface area contributed by atoms with Gasteiger partial charge in [0.25, 0.3) is 6.43 Å². The Kier molecular flexibility index (Phi) is 4.20. The molecule has 1 aromatic carbocycles. The summed E-state index contributed by atoms with van der Waals surface area (Å²) in [6.07, 6.45) is -1.37. The van der Waals surface area contributed by atoms with Crippen molar-refractivity contribution >= 4 is 11.6 Å². The predicted molar refractivity (Wildman–Crippen MR) is 67.0 cm³/mol. The quantitative estimate of drug-likeness (QED) is 0.917. The molecule has 1 aliphatic heterocycles. The van der Waals surface area contributed by atoms with E-state index in [0.29, 0.717) is 31.0 Å². The number of benzene rings is 1. The fourth-order valence-electron chi connectivity index (χ4n) is 2.35. The summed E-state index contributed by atoms with van der Waals surface area (Å²) in [5.41, 5.74) is -0.105. The van der Waals surface area contributed by atoms with Crippen molar-refractivity contribution < 1.29 is 13.9 Å². The third-order valence-corrected chi connectivity index (χ3v) is 3.71. The minimum absolute atomic E-state index is 0.212. The summed E-state index contributed by atoms with van der Waals surface area (Å²) in [5, 5.41) is 11.2. The maximum atomic E-state index is 12.3. The summed E-state index contributed by atoms with van der Waals surface area (Å²) in [6.45, 7) is 0.767. The minimum Gasteiger partial charge on any atom is -0.385 e. The van der Waals surface area contributed by atoms with Crippen LogP contribution in [-0.2, 0) is 5.60 Å². The van der Waals surface area contributed by atoms with Crippen LogP contribution in [-0.4, -0.2) is 36.1 Å². The van der Waals surface area contributed by atoms with Crippen molar-refractivity contribution in [2.45, 2.75) is 24.9 Å². The second-order valence-corrected chi connectivity index (χ2v) is 5.17. The van der Waals surface area contributed by atoms with Crippen molar-refractivity contribution in [1.82, 2.24) is 4.90 Å². The van der Waals surface area contributed by atoms with E-state index in [4.69, 9.17) is 11.6 Å². The number of piperidine rings is 1. The van der Waals surface area contributed by atoms with Crippen LogP contribution < -0.4 is 0 Å². The lowest BCUT2D eigenvalue weighted by Crippen LogP contribution is -2.44. The lowest BCUT2D eigenvalue weighted by atomic mass is 9.84. The first-order valence-electron chi connectivity index (χ1n) is 5.98. The number of hydrogen-bond acceptors (Lipinski definition) is 2. The molecule has 0 bridgehead atoms. The number of alkyl halides is 2. The molecular weight excluding hydrogens is 260 g/mol. The van der Waals surface area contributed by atoms with Crippen LogP contribution in [0, 0.1) is 0 Å². The number of hydrogen-bond donors (Lipinski definition) is 1. The van der Waals surface area contributed by atoms with Crippen LogP contribution in [0.25, 0.3) is 0 Å². The minimum atomic E-state index is -2.31. The second-order valence-electron chi connectivity index (χ2n) is 4.73. The molecule has 1 heterocycles. The average Bonchev–Trinajstić information content (AvgIpc) is 2.32. The van der Waals surface area contributed by atoms with Crippen molar-refractivity contribution in [2.24, 2.45) is 0 Å². The smallest absolute Gasteiger partial charge is 0.251 e. The Morgan fingerprint density at radius 3 is 2.28 bits per heavy atom. The number of nitrogens with zero attached hydrogens (tertiary/aromatic N) is 1. The summed E-state index contributed by atoms with van der Waals surface area (Å²) < 4.78 is 24.5. The molecule has 100 valence electrons. The third kappa shape index (κ3) is 3.19. The average molecular weight is 276 g/mol. The molecule has 2 rings (SSSR count). The van der Waals surface area contributed by atoms with Crippen LogP contribution >= 0.6 is 11.6 Å². The molecule has 0 radical (unpaired) electrons. The van der Waals surface area contributed by atoms with Gasteiger partial charge in [0.1, 0.15) is 0 Å². The van der Waals surface area contributed by atoms with E-state index in [2.05, 4.69) is 0 Å². The van der Waals surface area contributed by atoms with Gasteiger partial charge in [-0.1, -0.05) is 23.7 Å². The van der Waals surface area contributed by atoms with Crippen molar-refractivity contribution in [2.75, 3.05) is 19.6 Å². The van der Waals surface area contributed by atoms with Crippen LogP contribution in [0.15, 0.2) is 24.3 Å². The Morgan fingerprint density at radius 2 is 1.78 bits per heavy atom. The Balaban J connectivity index is 2.00. The molecule has 18 heavy (non-hydrogen) atoms. The molecule has 1 aliphatic rings. The number of rotatable bonds is 3. The molecule has 1 N–H and O–H groups in total. The summed E-state index contributed by atoms with van der Waals surface area (Å²) in [4.78, 5) is 1.69. The van der Waals surface area contributed by atoms with Gasteiger partial charge in [-0.05, 0) is 30.5 Å². The van der Waals surface area contributed by atoms with Crippen molar-refractivity contribution in [3.8, 4) is 0 Å². The second kappa shape index (κ2) is 5.51. The molecule has 0 spiro atoms. The highest BCUT2D eigenvalue weighted by molar-refractivity contribution is 6.30. The standard InChI is InChI=1S/C13H16ClF2NO/c14-11-3-1-10(2-4-11)13(18)5-7-17(8-6-13)9-12(15)16/h1-4,12,18H,5-9H2. The molecule has 5 heteroatoms. The zero-order valence-corrected chi connectivity index (χ0v) is 10.7. The SMILES string of the molecule is OC1(c2ccc(Cl)cc2)CCN(CC(F)F)CC1. The van der Waals surface area contributed by atoms with Gasteiger partial charge in [0, 0.05) is 18.1 Å². The van der Waals surface area contributed by atoms with E-state index < -0.39 is 12.0 Å². The molecule has 0 unspecified atom stereocenters. The first kappa shape index (κ1) is 13.7. The zero-order chi connectivity index (χ0) is 13.2. The van der Waals surface area contributed by atoms with Gasteiger partial charge in [0.15, 0.2) is 0 Å². The summed E-state index contributed by atoms with van der Waals surface area (Å²) in [6, 6.07) is 7.07.